The maximum Gasteiger partial charge on any atom is 0.254 e. The van der Waals surface area contributed by atoms with Crippen molar-refractivity contribution in [3.8, 4) is 5.69 Å². The van der Waals surface area contributed by atoms with E-state index in [4.69, 9.17) is 11.6 Å². The molecule has 27 heavy (non-hydrogen) atoms. The summed E-state index contributed by atoms with van der Waals surface area (Å²) in [5, 5.41) is 8.03. The third kappa shape index (κ3) is 5.66. The molecule has 1 heterocycles. The number of carbonyl (C=O) groups is 1. The Morgan fingerprint density at radius 1 is 1.37 bits per heavy atom. The molecule has 0 radical (unpaired) electrons. The first-order valence-electron chi connectivity index (χ1n) is 9.00. The molecule has 0 spiro atoms. The molecule has 0 atom stereocenters. The van der Waals surface area contributed by atoms with Crippen molar-refractivity contribution in [1.82, 2.24) is 15.1 Å². The fourth-order valence-electron chi connectivity index (χ4n) is 2.67. The number of amides is 1. The number of hydrogen-bond acceptors (Lipinski definition) is 3. The lowest BCUT2D eigenvalue weighted by molar-refractivity contribution is 0.0953. The van der Waals surface area contributed by atoms with Gasteiger partial charge in [0.05, 0.1) is 23.1 Å². The van der Waals surface area contributed by atoms with Crippen LogP contribution in [-0.4, -0.2) is 28.9 Å². The van der Waals surface area contributed by atoms with E-state index in [2.05, 4.69) is 29.0 Å². The highest BCUT2D eigenvalue weighted by atomic mass is 35.5. The number of nitrogens with zero attached hydrogens (tertiary/aromatic N) is 3. The first kappa shape index (κ1) is 20.6. The van der Waals surface area contributed by atoms with Crippen LogP contribution in [0.4, 0.5) is 0 Å². The third-order valence-corrected chi connectivity index (χ3v) is 4.27. The number of aliphatic imine (C=N–C) groups is 1. The van der Waals surface area contributed by atoms with Crippen LogP contribution in [0.1, 0.15) is 42.7 Å². The summed E-state index contributed by atoms with van der Waals surface area (Å²) in [4.78, 5) is 16.6. The van der Waals surface area contributed by atoms with Crippen LogP contribution < -0.4 is 5.32 Å². The van der Waals surface area contributed by atoms with E-state index in [1.165, 1.54) is 0 Å². The van der Waals surface area contributed by atoms with Crippen LogP contribution in [-0.2, 0) is 6.42 Å². The Labute approximate surface area is 165 Å². The summed E-state index contributed by atoms with van der Waals surface area (Å²) in [5.41, 5.74) is 3.20. The van der Waals surface area contributed by atoms with Crippen LogP contribution in [0, 0.1) is 0 Å². The van der Waals surface area contributed by atoms with E-state index in [1.54, 1.807) is 10.9 Å². The zero-order chi connectivity index (χ0) is 19.6. The number of halogens is 1. The van der Waals surface area contributed by atoms with Crippen LogP contribution in [0.25, 0.3) is 5.69 Å². The van der Waals surface area contributed by atoms with Gasteiger partial charge in [-0.25, -0.2) is 4.68 Å². The Kier molecular flexibility index (Phi) is 8.01. The molecule has 2 rings (SSSR count). The maximum absolute atomic E-state index is 12.7. The minimum Gasteiger partial charge on any atom is -0.352 e. The summed E-state index contributed by atoms with van der Waals surface area (Å²) in [6.45, 7) is 8.06. The molecule has 0 bridgehead atoms. The van der Waals surface area contributed by atoms with Crippen LogP contribution in [0.3, 0.4) is 0 Å². The van der Waals surface area contributed by atoms with Crippen LogP contribution in [0.5, 0.6) is 0 Å². The molecule has 0 unspecified atom stereocenters. The topological polar surface area (TPSA) is 59.3 Å². The zero-order valence-corrected chi connectivity index (χ0v) is 16.5. The molecular weight excluding hydrogens is 360 g/mol. The SMILES string of the molecule is C=NC(=CC=CC)CCNC(=O)c1cnn(-c2ccc(Cl)cc2)c1CCC. The molecule has 0 saturated carbocycles. The standard InChI is InChI=1S/C21H25ClN4O/c1-4-6-8-17(23-3)13-14-24-21(27)19-15-25-26(20(19)7-5-2)18-11-9-16(22)10-12-18/h4,6,8-12,15H,3,5,7,13-14H2,1-2H3,(H,24,27). The number of carbonyl (C=O) groups excluding carboxylic acids is 1. The number of hydrogen-bond donors (Lipinski definition) is 1. The summed E-state index contributed by atoms with van der Waals surface area (Å²) < 4.78 is 1.80. The Balaban J connectivity index is 2.14. The van der Waals surface area contributed by atoms with Crippen molar-refractivity contribution in [1.29, 1.82) is 0 Å². The van der Waals surface area contributed by atoms with Crippen LogP contribution in [0.2, 0.25) is 5.02 Å². The van der Waals surface area contributed by atoms with E-state index >= 15 is 0 Å². The van der Waals surface area contributed by atoms with E-state index in [9.17, 15) is 4.79 Å². The maximum atomic E-state index is 12.7. The smallest absolute Gasteiger partial charge is 0.254 e. The van der Waals surface area contributed by atoms with Crippen LogP contribution >= 0.6 is 11.6 Å². The van der Waals surface area contributed by atoms with Gasteiger partial charge in [-0.1, -0.05) is 37.1 Å². The van der Waals surface area contributed by atoms with Gasteiger partial charge in [-0.2, -0.15) is 5.10 Å². The van der Waals surface area contributed by atoms with Crippen molar-refractivity contribution in [2.45, 2.75) is 33.1 Å². The molecule has 6 heteroatoms. The number of rotatable bonds is 9. The van der Waals surface area contributed by atoms with Crippen LogP contribution in [0.15, 0.2) is 59.4 Å². The van der Waals surface area contributed by atoms with Crippen molar-refractivity contribution >= 4 is 24.2 Å². The van der Waals surface area contributed by atoms with E-state index in [0.717, 1.165) is 29.9 Å². The Morgan fingerprint density at radius 2 is 2.11 bits per heavy atom. The number of allylic oxidation sites excluding steroid dienone is 3. The molecule has 2 aromatic rings. The van der Waals surface area contributed by atoms with Gasteiger partial charge in [0.15, 0.2) is 0 Å². The van der Waals surface area contributed by atoms with Gasteiger partial charge in [-0.3, -0.25) is 9.79 Å². The molecule has 0 aliphatic carbocycles. The highest BCUT2D eigenvalue weighted by Crippen LogP contribution is 2.19. The highest BCUT2D eigenvalue weighted by molar-refractivity contribution is 6.30. The Bertz CT molecular complexity index is 834. The summed E-state index contributed by atoms with van der Waals surface area (Å²) in [7, 11) is 0. The summed E-state index contributed by atoms with van der Waals surface area (Å²) in [5.74, 6) is -0.131. The third-order valence-electron chi connectivity index (χ3n) is 4.02. The molecule has 0 fully saturated rings. The average molecular weight is 385 g/mol. The molecule has 0 saturated heterocycles. The Hall–Kier alpha value is -2.66. The molecular formula is C21H25ClN4O. The van der Waals surface area contributed by atoms with Crippen molar-refractivity contribution in [2.24, 2.45) is 4.99 Å². The van der Waals surface area contributed by atoms with Gasteiger partial charge in [-0.05, 0) is 50.4 Å². The highest BCUT2D eigenvalue weighted by Gasteiger charge is 2.17. The summed E-state index contributed by atoms with van der Waals surface area (Å²) in [6, 6.07) is 7.42. The van der Waals surface area contributed by atoms with Crippen molar-refractivity contribution < 1.29 is 4.79 Å². The molecule has 0 aliphatic heterocycles. The monoisotopic (exact) mass is 384 g/mol. The fourth-order valence-corrected chi connectivity index (χ4v) is 2.79. The summed E-state index contributed by atoms with van der Waals surface area (Å²) >= 11 is 5.97. The van der Waals surface area contributed by atoms with Crippen molar-refractivity contribution in [3.05, 3.63) is 70.7 Å². The number of benzene rings is 1. The lowest BCUT2D eigenvalue weighted by Gasteiger charge is -2.10. The van der Waals surface area contributed by atoms with Gasteiger partial charge in [-0.15, -0.1) is 0 Å². The second kappa shape index (κ2) is 10.5. The molecule has 1 N–H and O–H groups in total. The first-order chi connectivity index (χ1) is 13.1. The molecule has 142 valence electrons. The lowest BCUT2D eigenvalue weighted by Crippen LogP contribution is -2.25. The van der Waals surface area contributed by atoms with Crippen molar-refractivity contribution in [2.75, 3.05) is 6.54 Å². The van der Waals surface area contributed by atoms with Gasteiger partial charge >= 0.3 is 0 Å². The molecule has 1 aromatic carbocycles. The average Bonchev–Trinajstić information content (AvgIpc) is 3.09. The molecule has 5 nitrogen and oxygen atoms in total. The molecule has 0 aliphatic rings. The van der Waals surface area contributed by atoms with E-state index < -0.39 is 0 Å². The van der Waals surface area contributed by atoms with Gasteiger partial charge in [0.2, 0.25) is 0 Å². The number of aromatic nitrogens is 2. The first-order valence-corrected chi connectivity index (χ1v) is 9.38. The van der Waals surface area contributed by atoms with Gasteiger partial charge < -0.3 is 5.32 Å². The van der Waals surface area contributed by atoms with Gasteiger partial charge in [0, 0.05) is 23.7 Å². The normalized spacial score (nSPS) is 11.7. The summed E-state index contributed by atoms with van der Waals surface area (Å²) in [6.07, 6.45) is 9.63. The van der Waals surface area contributed by atoms with E-state index in [1.807, 2.05) is 49.4 Å². The Morgan fingerprint density at radius 3 is 2.74 bits per heavy atom. The minimum atomic E-state index is -0.131. The lowest BCUT2D eigenvalue weighted by atomic mass is 10.1. The zero-order valence-electron chi connectivity index (χ0n) is 15.8. The molecule has 1 amide bonds. The number of nitrogens with one attached hydrogen (secondary N) is 1. The second-order valence-electron chi connectivity index (χ2n) is 5.99. The molecule has 1 aromatic heterocycles. The quantitative estimate of drug-likeness (QED) is 0.500. The second-order valence-corrected chi connectivity index (χ2v) is 6.43. The fraction of sp³-hybridized carbons (Fsp3) is 0.286. The van der Waals surface area contributed by atoms with Gasteiger partial charge in [0.25, 0.3) is 5.91 Å². The largest absolute Gasteiger partial charge is 0.352 e. The predicted molar refractivity (Wildman–Crippen MR) is 112 cm³/mol. The van der Waals surface area contributed by atoms with E-state index in [0.29, 0.717) is 23.6 Å². The van der Waals surface area contributed by atoms with Gasteiger partial charge in [0.1, 0.15) is 0 Å². The van der Waals surface area contributed by atoms with Crippen molar-refractivity contribution in [3.63, 3.8) is 0 Å². The van der Waals surface area contributed by atoms with E-state index in [-0.39, 0.29) is 5.91 Å². The predicted octanol–water partition coefficient (Wildman–Crippen LogP) is 4.76. The minimum absolute atomic E-state index is 0.131.